The van der Waals surface area contributed by atoms with Gasteiger partial charge < -0.3 is 14.2 Å². The van der Waals surface area contributed by atoms with Crippen LogP contribution in [0.1, 0.15) is 17.5 Å². The smallest absolute Gasteiger partial charge is 0.204 e. The van der Waals surface area contributed by atoms with Crippen LogP contribution in [0.2, 0.25) is 0 Å². The maximum Gasteiger partial charge on any atom is 0.204 e. The van der Waals surface area contributed by atoms with Crippen molar-refractivity contribution in [2.45, 2.75) is 19.3 Å². The third kappa shape index (κ3) is 4.25. The highest BCUT2D eigenvalue weighted by Crippen LogP contribution is 2.46. The third-order valence-electron chi connectivity index (χ3n) is 4.62. The molecule has 0 atom stereocenters. The Hall–Kier alpha value is -2.94. The summed E-state index contributed by atoms with van der Waals surface area (Å²) >= 11 is 0. The highest BCUT2D eigenvalue weighted by Gasteiger charge is 2.22. The maximum absolute atomic E-state index is 5.74. The summed E-state index contributed by atoms with van der Waals surface area (Å²) in [6.45, 7) is 0. The van der Waals surface area contributed by atoms with Crippen LogP contribution in [0.5, 0.6) is 17.2 Å². The van der Waals surface area contributed by atoms with E-state index in [0.29, 0.717) is 17.2 Å². The molecular formula is C24H25O3. The first-order valence-electron chi connectivity index (χ1n) is 9.12. The molecule has 0 saturated heterocycles. The zero-order valence-electron chi connectivity index (χ0n) is 16.1. The van der Waals surface area contributed by atoms with Gasteiger partial charge in [-0.1, -0.05) is 60.7 Å². The first-order chi connectivity index (χ1) is 13.3. The molecule has 27 heavy (non-hydrogen) atoms. The highest BCUT2D eigenvalue weighted by atomic mass is 16.5. The lowest BCUT2D eigenvalue weighted by Crippen LogP contribution is -2.02. The van der Waals surface area contributed by atoms with E-state index in [1.54, 1.807) is 21.3 Å². The van der Waals surface area contributed by atoms with Crippen molar-refractivity contribution in [3.8, 4) is 28.4 Å². The monoisotopic (exact) mass is 361 g/mol. The minimum absolute atomic E-state index is 0.573. The SMILES string of the molecule is COc1[c]c(CCCc2ccccc2)c(-c2ccccc2)c(OC)c1OC. The van der Waals surface area contributed by atoms with E-state index in [0.717, 1.165) is 36.0 Å². The number of hydrogen-bond acceptors (Lipinski definition) is 3. The molecule has 0 heterocycles. The minimum atomic E-state index is 0.573. The maximum atomic E-state index is 5.74. The molecule has 0 bridgehead atoms. The van der Waals surface area contributed by atoms with Crippen molar-refractivity contribution in [3.63, 3.8) is 0 Å². The molecule has 3 aromatic rings. The molecule has 0 aliphatic heterocycles. The molecule has 0 spiro atoms. The van der Waals surface area contributed by atoms with Crippen molar-refractivity contribution in [1.29, 1.82) is 0 Å². The molecule has 1 radical (unpaired) electrons. The van der Waals surface area contributed by atoms with Crippen molar-refractivity contribution in [3.05, 3.63) is 77.9 Å². The lowest BCUT2D eigenvalue weighted by Gasteiger charge is -2.19. The van der Waals surface area contributed by atoms with E-state index in [2.05, 4.69) is 42.5 Å². The zero-order valence-corrected chi connectivity index (χ0v) is 16.1. The molecule has 0 unspecified atom stereocenters. The standard InChI is InChI=1S/C24H25O3/c1-25-21-17-20(16-10-13-18-11-6-4-7-12-18)22(19-14-8-5-9-15-19)24(27-3)23(21)26-2/h4-9,11-12,14-15H,10,13,16H2,1-3H3. The molecule has 3 rings (SSSR count). The second-order valence-corrected chi connectivity index (χ2v) is 6.28. The van der Waals surface area contributed by atoms with Gasteiger partial charge in [-0.2, -0.15) is 0 Å². The van der Waals surface area contributed by atoms with Crippen LogP contribution in [0.25, 0.3) is 11.1 Å². The normalized spacial score (nSPS) is 10.5. The van der Waals surface area contributed by atoms with Crippen LogP contribution in [0.3, 0.4) is 0 Å². The molecule has 0 fully saturated rings. The molecule has 3 nitrogen and oxygen atoms in total. The summed E-state index contributed by atoms with van der Waals surface area (Å²) in [4.78, 5) is 0. The molecule has 0 saturated carbocycles. The minimum Gasteiger partial charge on any atom is -0.492 e. The third-order valence-corrected chi connectivity index (χ3v) is 4.62. The van der Waals surface area contributed by atoms with E-state index < -0.39 is 0 Å². The van der Waals surface area contributed by atoms with E-state index in [4.69, 9.17) is 14.2 Å². The topological polar surface area (TPSA) is 27.7 Å². The van der Waals surface area contributed by atoms with E-state index in [1.165, 1.54) is 5.56 Å². The van der Waals surface area contributed by atoms with E-state index in [9.17, 15) is 0 Å². The summed E-state index contributed by atoms with van der Waals surface area (Å²) in [7, 11) is 4.92. The Kier molecular flexibility index (Phi) is 6.37. The van der Waals surface area contributed by atoms with Crippen molar-refractivity contribution in [2.24, 2.45) is 0 Å². The Balaban J connectivity index is 2.00. The largest absolute Gasteiger partial charge is 0.492 e. The van der Waals surface area contributed by atoms with Crippen LogP contribution in [0.15, 0.2) is 60.7 Å². The van der Waals surface area contributed by atoms with Gasteiger partial charge in [0.05, 0.1) is 21.3 Å². The van der Waals surface area contributed by atoms with Crippen LogP contribution in [-0.4, -0.2) is 21.3 Å². The lowest BCUT2D eigenvalue weighted by atomic mass is 9.93. The van der Waals surface area contributed by atoms with Gasteiger partial charge in [-0.25, -0.2) is 0 Å². The fourth-order valence-corrected chi connectivity index (χ4v) is 3.35. The van der Waals surface area contributed by atoms with Crippen LogP contribution >= 0.6 is 0 Å². The summed E-state index contributed by atoms with van der Waals surface area (Å²) in [5.74, 6) is 1.84. The quantitative estimate of drug-likeness (QED) is 0.541. The van der Waals surface area contributed by atoms with Crippen molar-refractivity contribution in [2.75, 3.05) is 21.3 Å². The van der Waals surface area contributed by atoms with E-state index in [1.807, 2.05) is 24.3 Å². The second kappa shape index (κ2) is 9.13. The van der Waals surface area contributed by atoms with Crippen molar-refractivity contribution in [1.82, 2.24) is 0 Å². The molecule has 139 valence electrons. The van der Waals surface area contributed by atoms with Crippen molar-refractivity contribution < 1.29 is 14.2 Å². The Morgan fingerprint density at radius 1 is 0.704 bits per heavy atom. The lowest BCUT2D eigenvalue weighted by molar-refractivity contribution is 0.324. The fraction of sp³-hybridized carbons (Fsp3) is 0.250. The predicted molar refractivity (Wildman–Crippen MR) is 109 cm³/mol. The Morgan fingerprint density at radius 2 is 1.33 bits per heavy atom. The Bertz CT molecular complexity index is 858. The number of methoxy groups -OCH3 is 3. The van der Waals surface area contributed by atoms with E-state index >= 15 is 0 Å². The van der Waals surface area contributed by atoms with E-state index in [-0.39, 0.29) is 0 Å². The number of aryl methyl sites for hydroxylation is 2. The number of hydrogen-bond donors (Lipinski definition) is 0. The molecular weight excluding hydrogens is 336 g/mol. The molecule has 0 aromatic heterocycles. The first kappa shape index (κ1) is 18.8. The number of ether oxygens (including phenoxy) is 3. The van der Waals surface area contributed by atoms with Crippen LogP contribution in [0, 0.1) is 6.07 Å². The van der Waals surface area contributed by atoms with Gasteiger partial charge in [0.15, 0.2) is 11.5 Å². The molecule has 0 amide bonds. The van der Waals surface area contributed by atoms with Gasteiger partial charge in [-0.05, 0) is 36.0 Å². The molecule has 0 aliphatic carbocycles. The summed E-state index contributed by atoms with van der Waals surface area (Å²) in [6, 6.07) is 24.2. The molecule has 0 aliphatic rings. The predicted octanol–water partition coefficient (Wildman–Crippen LogP) is 5.35. The number of benzene rings is 3. The van der Waals surface area contributed by atoms with Crippen LogP contribution in [0.4, 0.5) is 0 Å². The van der Waals surface area contributed by atoms with Crippen LogP contribution in [-0.2, 0) is 12.8 Å². The Morgan fingerprint density at radius 3 is 1.93 bits per heavy atom. The van der Waals surface area contributed by atoms with Gasteiger partial charge >= 0.3 is 0 Å². The fourth-order valence-electron chi connectivity index (χ4n) is 3.35. The van der Waals surface area contributed by atoms with Gasteiger partial charge in [0, 0.05) is 11.6 Å². The summed E-state index contributed by atoms with van der Waals surface area (Å²) in [6.07, 6.45) is 2.90. The van der Waals surface area contributed by atoms with Crippen LogP contribution < -0.4 is 14.2 Å². The molecule has 3 aromatic carbocycles. The van der Waals surface area contributed by atoms with Gasteiger partial charge in [-0.15, -0.1) is 0 Å². The zero-order chi connectivity index (χ0) is 19.1. The highest BCUT2D eigenvalue weighted by molar-refractivity contribution is 5.79. The van der Waals surface area contributed by atoms with Crippen molar-refractivity contribution >= 4 is 0 Å². The average Bonchev–Trinajstić information content (AvgIpc) is 2.74. The molecule has 3 heteroatoms. The van der Waals surface area contributed by atoms with Gasteiger partial charge in [0.1, 0.15) is 0 Å². The summed E-state index contributed by atoms with van der Waals surface area (Å²) in [5, 5.41) is 0. The summed E-state index contributed by atoms with van der Waals surface area (Å²) in [5.41, 5.74) is 4.52. The first-order valence-corrected chi connectivity index (χ1v) is 9.12. The van der Waals surface area contributed by atoms with Gasteiger partial charge in [0.2, 0.25) is 5.75 Å². The number of rotatable bonds is 8. The second-order valence-electron chi connectivity index (χ2n) is 6.28. The average molecular weight is 361 g/mol. The molecule has 0 N–H and O–H groups in total. The van der Waals surface area contributed by atoms with Gasteiger partial charge in [0.25, 0.3) is 0 Å². The summed E-state index contributed by atoms with van der Waals surface area (Å²) < 4.78 is 16.8. The van der Waals surface area contributed by atoms with Gasteiger partial charge in [-0.3, -0.25) is 0 Å². The Labute approximate surface area is 161 Å².